The topological polar surface area (TPSA) is 50.4 Å². The zero-order valence-electron chi connectivity index (χ0n) is 9.81. The van der Waals surface area contributed by atoms with Gasteiger partial charge in [0, 0.05) is 19.2 Å². The standard InChI is InChI=1S/C10H22N2O2/c1-6-11-9(13)8(2)12-10(3,4)7-14-5/h8,12H,6-7H2,1-5H3,(H,11,13). The van der Waals surface area contributed by atoms with Gasteiger partial charge in [0.15, 0.2) is 0 Å². The minimum absolute atomic E-state index is 0.0247. The van der Waals surface area contributed by atoms with Gasteiger partial charge in [-0.05, 0) is 27.7 Å². The third-order valence-electron chi connectivity index (χ3n) is 1.86. The zero-order valence-corrected chi connectivity index (χ0v) is 9.81. The van der Waals surface area contributed by atoms with Crippen LogP contribution in [0.3, 0.4) is 0 Å². The van der Waals surface area contributed by atoms with E-state index in [1.54, 1.807) is 7.11 Å². The number of amides is 1. The van der Waals surface area contributed by atoms with Crippen molar-refractivity contribution >= 4 is 5.91 Å². The van der Waals surface area contributed by atoms with Gasteiger partial charge in [0.1, 0.15) is 0 Å². The molecule has 0 bridgehead atoms. The van der Waals surface area contributed by atoms with E-state index in [4.69, 9.17) is 4.74 Å². The Morgan fingerprint density at radius 1 is 1.50 bits per heavy atom. The van der Waals surface area contributed by atoms with E-state index in [9.17, 15) is 4.79 Å². The van der Waals surface area contributed by atoms with Crippen LogP contribution in [-0.4, -0.2) is 37.7 Å². The molecule has 0 saturated heterocycles. The maximum absolute atomic E-state index is 11.4. The monoisotopic (exact) mass is 202 g/mol. The average Bonchev–Trinajstić information content (AvgIpc) is 2.03. The SMILES string of the molecule is CCNC(=O)C(C)NC(C)(C)COC. The van der Waals surface area contributed by atoms with Crippen molar-refractivity contribution in [2.24, 2.45) is 0 Å². The lowest BCUT2D eigenvalue weighted by Gasteiger charge is -2.28. The Morgan fingerprint density at radius 3 is 2.50 bits per heavy atom. The van der Waals surface area contributed by atoms with Crippen molar-refractivity contribution in [3.63, 3.8) is 0 Å². The smallest absolute Gasteiger partial charge is 0.236 e. The van der Waals surface area contributed by atoms with E-state index in [2.05, 4.69) is 10.6 Å². The van der Waals surface area contributed by atoms with Crippen LogP contribution in [-0.2, 0) is 9.53 Å². The highest BCUT2D eigenvalue weighted by Gasteiger charge is 2.22. The van der Waals surface area contributed by atoms with Crippen LogP contribution in [0.1, 0.15) is 27.7 Å². The van der Waals surface area contributed by atoms with Gasteiger partial charge in [-0.1, -0.05) is 0 Å². The van der Waals surface area contributed by atoms with Crippen LogP contribution in [0.5, 0.6) is 0 Å². The van der Waals surface area contributed by atoms with Crippen LogP contribution in [0.4, 0.5) is 0 Å². The van der Waals surface area contributed by atoms with E-state index in [0.29, 0.717) is 13.2 Å². The largest absolute Gasteiger partial charge is 0.383 e. The van der Waals surface area contributed by atoms with E-state index in [1.165, 1.54) is 0 Å². The minimum atomic E-state index is -0.194. The molecule has 1 unspecified atom stereocenters. The number of nitrogens with one attached hydrogen (secondary N) is 2. The second-order valence-corrected chi connectivity index (χ2v) is 4.08. The number of hydrogen-bond acceptors (Lipinski definition) is 3. The minimum Gasteiger partial charge on any atom is -0.383 e. The molecule has 4 nitrogen and oxygen atoms in total. The molecule has 0 aromatic heterocycles. The molecule has 14 heavy (non-hydrogen) atoms. The van der Waals surface area contributed by atoms with Gasteiger partial charge in [-0.15, -0.1) is 0 Å². The lowest BCUT2D eigenvalue weighted by Crippen LogP contribution is -2.53. The summed E-state index contributed by atoms with van der Waals surface area (Å²) in [6.45, 7) is 9.01. The molecule has 0 aliphatic rings. The molecule has 0 aliphatic heterocycles. The number of hydrogen-bond donors (Lipinski definition) is 2. The summed E-state index contributed by atoms with van der Waals surface area (Å²) in [6.07, 6.45) is 0. The number of ether oxygens (including phenoxy) is 1. The van der Waals surface area contributed by atoms with Crippen molar-refractivity contribution in [3.8, 4) is 0 Å². The first kappa shape index (κ1) is 13.4. The Balaban J connectivity index is 4.03. The summed E-state index contributed by atoms with van der Waals surface area (Å²) in [4.78, 5) is 11.4. The number of carbonyl (C=O) groups is 1. The average molecular weight is 202 g/mol. The zero-order chi connectivity index (χ0) is 11.2. The third kappa shape index (κ3) is 5.19. The molecule has 0 aromatic rings. The molecule has 0 fully saturated rings. The molecule has 0 heterocycles. The highest BCUT2D eigenvalue weighted by Crippen LogP contribution is 2.03. The van der Waals surface area contributed by atoms with E-state index in [0.717, 1.165) is 0 Å². The van der Waals surface area contributed by atoms with Crippen LogP contribution < -0.4 is 10.6 Å². The van der Waals surface area contributed by atoms with Crippen LogP contribution in [0.2, 0.25) is 0 Å². The fourth-order valence-corrected chi connectivity index (χ4v) is 1.38. The number of carbonyl (C=O) groups excluding carboxylic acids is 1. The molecule has 0 rings (SSSR count). The van der Waals surface area contributed by atoms with Crippen LogP contribution in [0, 0.1) is 0 Å². The molecule has 84 valence electrons. The molecule has 1 amide bonds. The van der Waals surface area contributed by atoms with Crippen LogP contribution in [0.15, 0.2) is 0 Å². The molecule has 0 radical (unpaired) electrons. The lowest BCUT2D eigenvalue weighted by molar-refractivity contribution is -0.123. The molecule has 2 N–H and O–H groups in total. The van der Waals surface area contributed by atoms with Gasteiger partial charge >= 0.3 is 0 Å². The molecule has 4 heteroatoms. The summed E-state index contributed by atoms with van der Waals surface area (Å²) in [6, 6.07) is -0.194. The Kier molecular flexibility index (Phi) is 5.72. The van der Waals surface area contributed by atoms with Crippen molar-refractivity contribution in [2.45, 2.75) is 39.3 Å². The maximum Gasteiger partial charge on any atom is 0.236 e. The number of likely N-dealkylation sites (N-methyl/N-ethyl adjacent to an activating group) is 1. The quantitative estimate of drug-likeness (QED) is 0.660. The fraction of sp³-hybridized carbons (Fsp3) is 0.900. The van der Waals surface area contributed by atoms with Crippen molar-refractivity contribution < 1.29 is 9.53 Å². The Morgan fingerprint density at radius 2 is 2.07 bits per heavy atom. The summed E-state index contributed by atoms with van der Waals surface area (Å²) < 4.78 is 5.05. The van der Waals surface area contributed by atoms with E-state index >= 15 is 0 Å². The molecule has 0 aromatic carbocycles. The summed E-state index contributed by atoms with van der Waals surface area (Å²) in [5.74, 6) is 0.0247. The van der Waals surface area contributed by atoms with Crippen LogP contribution >= 0.6 is 0 Å². The molecule has 1 atom stereocenters. The highest BCUT2D eigenvalue weighted by atomic mass is 16.5. The Bertz CT molecular complexity index is 181. The first-order chi connectivity index (χ1) is 6.43. The van der Waals surface area contributed by atoms with Crippen molar-refractivity contribution in [3.05, 3.63) is 0 Å². The van der Waals surface area contributed by atoms with Gasteiger partial charge in [-0.2, -0.15) is 0 Å². The summed E-state index contributed by atoms with van der Waals surface area (Å²) in [5.41, 5.74) is -0.181. The maximum atomic E-state index is 11.4. The van der Waals surface area contributed by atoms with Gasteiger partial charge in [-0.3, -0.25) is 10.1 Å². The van der Waals surface area contributed by atoms with Gasteiger partial charge in [0.05, 0.1) is 12.6 Å². The summed E-state index contributed by atoms with van der Waals surface area (Å²) in [5, 5.41) is 5.97. The lowest BCUT2D eigenvalue weighted by atomic mass is 10.1. The number of methoxy groups -OCH3 is 1. The fourth-order valence-electron chi connectivity index (χ4n) is 1.38. The van der Waals surface area contributed by atoms with Gasteiger partial charge < -0.3 is 10.1 Å². The predicted molar refractivity (Wildman–Crippen MR) is 57.2 cm³/mol. The van der Waals surface area contributed by atoms with Gasteiger partial charge in [-0.25, -0.2) is 0 Å². The number of rotatable bonds is 6. The first-order valence-corrected chi connectivity index (χ1v) is 4.97. The van der Waals surface area contributed by atoms with Gasteiger partial charge in [0.25, 0.3) is 0 Å². The van der Waals surface area contributed by atoms with Crippen molar-refractivity contribution in [1.82, 2.24) is 10.6 Å². The molecule has 0 saturated carbocycles. The predicted octanol–water partition coefficient (Wildman–Crippen LogP) is 0.526. The normalized spacial score (nSPS) is 13.8. The van der Waals surface area contributed by atoms with Crippen molar-refractivity contribution in [2.75, 3.05) is 20.3 Å². The second-order valence-electron chi connectivity index (χ2n) is 4.08. The van der Waals surface area contributed by atoms with E-state index in [-0.39, 0.29) is 17.5 Å². The molecule has 0 spiro atoms. The van der Waals surface area contributed by atoms with Crippen LogP contribution in [0.25, 0.3) is 0 Å². The second kappa shape index (κ2) is 5.98. The molecular weight excluding hydrogens is 180 g/mol. The van der Waals surface area contributed by atoms with E-state index in [1.807, 2.05) is 27.7 Å². The van der Waals surface area contributed by atoms with Gasteiger partial charge in [0.2, 0.25) is 5.91 Å². The van der Waals surface area contributed by atoms with E-state index < -0.39 is 0 Å². The Hall–Kier alpha value is -0.610. The Labute approximate surface area is 86.4 Å². The summed E-state index contributed by atoms with van der Waals surface area (Å²) in [7, 11) is 1.65. The molecule has 0 aliphatic carbocycles. The highest BCUT2D eigenvalue weighted by molar-refractivity contribution is 5.81. The first-order valence-electron chi connectivity index (χ1n) is 4.97. The molecular formula is C10H22N2O2. The third-order valence-corrected chi connectivity index (χ3v) is 1.86. The van der Waals surface area contributed by atoms with Crippen molar-refractivity contribution in [1.29, 1.82) is 0 Å². The summed E-state index contributed by atoms with van der Waals surface area (Å²) >= 11 is 0.